The van der Waals surface area contributed by atoms with E-state index in [1.165, 1.54) is 10.4 Å². The van der Waals surface area contributed by atoms with Gasteiger partial charge in [0.2, 0.25) is 5.91 Å². The third kappa shape index (κ3) is 5.70. The molecular formula is C15H21F3N4OS. The Morgan fingerprint density at radius 2 is 2.21 bits per heavy atom. The third-order valence-corrected chi connectivity index (χ3v) is 4.60. The Morgan fingerprint density at radius 3 is 2.92 bits per heavy atom. The minimum absolute atomic E-state index is 0.0825. The average Bonchev–Trinajstić information content (AvgIpc) is 2.98. The molecule has 0 saturated carbocycles. The molecule has 0 unspecified atom stereocenters. The number of hydrogen-bond donors (Lipinski definition) is 2. The van der Waals surface area contributed by atoms with Crippen molar-refractivity contribution in [2.24, 2.45) is 4.99 Å². The molecular weight excluding hydrogens is 341 g/mol. The molecule has 0 aliphatic carbocycles. The number of nitrogens with zero attached hydrogens (tertiary/aromatic N) is 2. The number of carbonyl (C=O) groups excluding carboxylic acids is 1. The first-order chi connectivity index (χ1) is 11.4. The van der Waals surface area contributed by atoms with Crippen molar-refractivity contribution in [2.45, 2.75) is 32.5 Å². The van der Waals surface area contributed by atoms with Gasteiger partial charge in [0.15, 0.2) is 5.96 Å². The summed E-state index contributed by atoms with van der Waals surface area (Å²) < 4.78 is 36.5. The second-order valence-electron chi connectivity index (χ2n) is 5.42. The van der Waals surface area contributed by atoms with Crippen LogP contribution in [0.4, 0.5) is 13.2 Å². The quantitative estimate of drug-likeness (QED) is 0.623. The van der Waals surface area contributed by atoms with Crippen molar-refractivity contribution >= 4 is 23.2 Å². The molecule has 1 aliphatic heterocycles. The van der Waals surface area contributed by atoms with Gasteiger partial charge < -0.3 is 15.5 Å². The maximum atomic E-state index is 12.3. The molecule has 0 fully saturated rings. The van der Waals surface area contributed by atoms with Gasteiger partial charge in [0, 0.05) is 31.1 Å². The van der Waals surface area contributed by atoms with E-state index in [1.807, 2.05) is 18.4 Å². The van der Waals surface area contributed by atoms with E-state index < -0.39 is 12.6 Å². The van der Waals surface area contributed by atoms with Crippen LogP contribution in [0.1, 0.15) is 23.8 Å². The van der Waals surface area contributed by atoms with Crippen LogP contribution in [0.2, 0.25) is 0 Å². The van der Waals surface area contributed by atoms with Crippen molar-refractivity contribution in [3.05, 3.63) is 21.9 Å². The molecule has 0 radical (unpaired) electrons. The highest BCUT2D eigenvalue weighted by Crippen LogP contribution is 2.23. The second kappa shape index (κ2) is 8.36. The summed E-state index contributed by atoms with van der Waals surface area (Å²) in [5, 5.41) is 7.46. The van der Waals surface area contributed by atoms with Gasteiger partial charge in [0.05, 0.1) is 6.42 Å². The molecule has 2 rings (SSSR count). The van der Waals surface area contributed by atoms with Gasteiger partial charge in [-0.05, 0) is 30.4 Å². The normalized spacial score (nSPS) is 15.2. The number of guanidine groups is 1. The first-order valence-corrected chi connectivity index (χ1v) is 8.69. The summed E-state index contributed by atoms with van der Waals surface area (Å²) in [6.07, 6.45) is -4.32. The van der Waals surface area contributed by atoms with Gasteiger partial charge in [-0.25, -0.2) is 4.99 Å². The lowest BCUT2D eigenvalue weighted by atomic mass is 10.1. The predicted molar refractivity (Wildman–Crippen MR) is 88.1 cm³/mol. The Hall–Kier alpha value is -1.77. The second-order valence-corrected chi connectivity index (χ2v) is 6.42. The fraction of sp³-hybridized carbons (Fsp3) is 0.600. The van der Waals surface area contributed by atoms with Crippen LogP contribution in [-0.4, -0.2) is 49.1 Å². The van der Waals surface area contributed by atoms with Crippen LogP contribution in [0.3, 0.4) is 0 Å². The van der Waals surface area contributed by atoms with Crippen LogP contribution in [-0.2, 0) is 17.8 Å². The van der Waals surface area contributed by atoms with E-state index in [0.29, 0.717) is 19.6 Å². The summed E-state index contributed by atoms with van der Waals surface area (Å²) in [6, 6.07) is 2.02. The Bertz CT molecular complexity index is 586. The number of nitrogens with one attached hydrogen (secondary N) is 2. The largest absolute Gasteiger partial charge is 0.390 e. The van der Waals surface area contributed by atoms with Gasteiger partial charge in [-0.1, -0.05) is 0 Å². The lowest BCUT2D eigenvalue weighted by Crippen LogP contribution is -2.41. The summed E-state index contributed by atoms with van der Waals surface area (Å²) in [5.74, 6) is 0.100. The Labute approximate surface area is 142 Å². The highest BCUT2D eigenvalue weighted by molar-refractivity contribution is 7.10. The zero-order valence-electron chi connectivity index (χ0n) is 13.4. The van der Waals surface area contributed by atoms with Crippen LogP contribution in [0.5, 0.6) is 0 Å². The summed E-state index contributed by atoms with van der Waals surface area (Å²) in [4.78, 5) is 19.4. The molecule has 1 aliphatic rings. The average molecular weight is 362 g/mol. The lowest BCUT2D eigenvalue weighted by Gasteiger charge is -2.26. The number of carbonyl (C=O) groups is 1. The first-order valence-electron chi connectivity index (χ1n) is 7.81. The van der Waals surface area contributed by atoms with Crippen LogP contribution >= 0.6 is 11.3 Å². The number of halogens is 3. The highest BCUT2D eigenvalue weighted by Gasteiger charge is 2.26. The zero-order valence-corrected chi connectivity index (χ0v) is 14.3. The number of fused-ring (bicyclic) bond motifs is 1. The van der Waals surface area contributed by atoms with Crippen molar-refractivity contribution in [3.63, 3.8) is 0 Å². The highest BCUT2D eigenvalue weighted by atomic mass is 32.1. The van der Waals surface area contributed by atoms with E-state index in [1.54, 1.807) is 16.2 Å². The standard InChI is InChI=1S/C15H21F3N4OS/c1-2-19-14(20-6-5-15(16,17)18)21-9-13(23)22-7-3-12-11(10-22)4-8-24-12/h4,8H,2-3,5-7,9-10H2,1H3,(H2,19,20,21). The van der Waals surface area contributed by atoms with Crippen molar-refractivity contribution < 1.29 is 18.0 Å². The van der Waals surface area contributed by atoms with Crippen molar-refractivity contribution in [1.82, 2.24) is 15.5 Å². The summed E-state index contributed by atoms with van der Waals surface area (Å²) in [6.45, 7) is 3.19. The van der Waals surface area contributed by atoms with Gasteiger partial charge in [0.1, 0.15) is 6.54 Å². The molecule has 2 heterocycles. The summed E-state index contributed by atoms with van der Waals surface area (Å²) in [5.41, 5.74) is 1.17. The van der Waals surface area contributed by atoms with Crippen LogP contribution in [0.25, 0.3) is 0 Å². The molecule has 0 atom stereocenters. The molecule has 24 heavy (non-hydrogen) atoms. The first kappa shape index (κ1) is 18.6. The Balaban J connectivity index is 1.85. The minimum atomic E-state index is -4.22. The molecule has 1 aromatic heterocycles. The van der Waals surface area contributed by atoms with E-state index in [2.05, 4.69) is 15.6 Å². The van der Waals surface area contributed by atoms with E-state index in [4.69, 9.17) is 0 Å². The van der Waals surface area contributed by atoms with Gasteiger partial charge in [0.25, 0.3) is 0 Å². The Kier molecular flexibility index (Phi) is 6.47. The third-order valence-electron chi connectivity index (χ3n) is 3.58. The van der Waals surface area contributed by atoms with Crippen LogP contribution in [0, 0.1) is 0 Å². The molecule has 2 N–H and O–H groups in total. The van der Waals surface area contributed by atoms with Crippen molar-refractivity contribution in [3.8, 4) is 0 Å². The molecule has 134 valence electrons. The fourth-order valence-electron chi connectivity index (χ4n) is 2.37. The van der Waals surface area contributed by atoms with Crippen LogP contribution in [0.15, 0.2) is 16.4 Å². The number of hydrogen-bond acceptors (Lipinski definition) is 3. The fourth-order valence-corrected chi connectivity index (χ4v) is 3.26. The van der Waals surface area contributed by atoms with Crippen LogP contribution < -0.4 is 10.6 Å². The Morgan fingerprint density at radius 1 is 1.42 bits per heavy atom. The number of aliphatic imine (C=N–C) groups is 1. The van der Waals surface area contributed by atoms with E-state index >= 15 is 0 Å². The monoisotopic (exact) mass is 362 g/mol. The SMILES string of the molecule is CCNC(=NCC(=O)N1CCc2sccc2C1)NCCC(F)(F)F. The number of alkyl halides is 3. The lowest BCUT2D eigenvalue weighted by molar-refractivity contribution is -0.133. The molecule has 1 amide bonds. The van der Waals surface area contributed by atoms with E-state index in [9.17, 15) is 18.0 Å². The number of rotatable bonds is 5. The topological polar surface area (TPSA) is 56.7 Å². The molecule has 0 spiro atoms. The number of amides is 1. The smallest absolute Gasteiger partial charge is 0.357 e. The summed E-state index contributed by atoms with van der Waals surface area (Å²) in [7, 11) is 0. The summed E-state index contributed by atoms with van der Waals surface area (Å²) >= 11 is 1.70. The molecule has 1 aromatic rings. The molecule has 0 bridgehead atoms. The molecule has 5 nitrogen and oxygen atoms in total. The van der Waals surface area contributed by atoms with Gasteiger partial charge >= 0.3 is 6.18 Å². The zero-order chi connectivity index (χ0) is 17.6. The maximum absolute atomic E-state index is 12.3. The van der Waals surface area contributed by atoms with Gasteiger partial charge in [-0.15, -0.1) is 11.3 Å². The van der Waals surface area contributed by atoms with E-state index in [-0.39, 0.29) is 25.0 Å². The molecule has 9 heteroatoms. The van der Waals surface area contributed by atoms with E-state index in [0.717, 1.165) is 6.42 Å². The molecule has 0 saturated heterocycles. The number of thiophene rings is 1. The van der Waals surface area contributed by atoms with Crippen molar-refractivity contribution in [1.29, 1.82) is 0 Å². The molecule has 0 aromatic carbocycles. The van der Waals surface area contributed by atoms with Crippen molar-refractivity contribution in [2.75, 3.05) is 26.2 Å². The minimum Gasteiger partial charge on any atom is -0.357 e. The van der Waals surface area contributed by atoms with Gasteiger partial charge in [-0.3, -0.25) is 4.79 Å². The maximum Gasteiger partial charge on any atom is 0.390 e. The predicted octanol–water partition coefficient (Wildman–Crippen LogP) is 2.14. The van der Waals surface area contributed by atoms with Gasteiger partial charge in [-0.2, -0.15) is 13.2 Å².